The van der Waals surface area contributed by atoms with Crippen LogP contribution in [0.1, 0.15) is 48.8 Å². The number of amides is 1. The zero-order valence-electron chi connectivity index (χ0n) is 16.2. The number of hydrogen-bond donors (Lipinski definition) is 0. The van der Waals surface area contributed by atoms with E-state index in [9.17, 15) is 13.6 Å². The summed E-state index contributed by atoms with van der Waals surface area (Å²) >= 11 is 0. The van der Waals surface area contributed by atoms with Gasteiger partial charge in [0.05, 0.1) is 17.8 Å². The standard InChI is InChI=1S/C20H23F2N5O/c1-4-5-14-8-19-24-23-12-27(19)25-18(14)11-26(10-13(2)3)20(28)16-9-15(21)6-7-17(16)22/h6-9,12-13H,4-5,10-11H2,1-3H3. The Labute approximate surface area is 162 Å². The molecule has 0 aliphatic carbocycles. The van der Waals surface area contributed by atoms with E-state index in [-0.39, 0.29) is 18.0 Å². The molecule has 6 nitrogen and oxygen atoms in total. The summed E-state index contributed by atoms with van der Waals surface area (Å²) in [6.45, 7) is 6.56. The largest absolute Gasteiger partial charge is 0.332 e. The Morgan fingerprint density at radius 2 is 2.04 bits per heavy atom. The highest BCUT2D eigenvalue weighted by Gasteiger charge is 2.23. The van der Waals surface area contributed by atoms with Crippen LogP contribution in [0.3, 0.4) is 0 Å². The molecule has 0 saturated carbocycles. The van der Waals surface area contributed by atoms with Crippen LogP contribution in [-0.2, 0) is 13.0 Å². The van der Waals surface area contributed by atoms with E-state index in [4.69, 9.17) is 0 Å². The molecule has 0 fully saturated rings. The predicted octanol–water partition coefficient (Wildman–Crippen LogP) is 3.65. The summed E-state index contributed by atoms with van der Waals surface area (Å²) in [6, 6.07) is 4.81. The van der Waals surface area contributed by atoms with E-state index in [0.29, 0.717) is 17.9 Å². The highest BCUT2D eigenvalue weighted by atomic mass is 19.1. The Kier molecular flexibility index (Phi) is 5.96. The first kappa shape index (κ1) is 19.9. The van der Waals surface area contributed by atoms with E-state index < -0.39 is 17.5 Å². The van der Waals surface area contributed by atoms with Crippen molar-refractivity contribution in [1.82, 2.24) is 24.7 Å². The van der Waals surface area contributed by atoms with Crippen LogP contribution in [0.5, 0.6) is 0 Å². The molecule has 2 heterocycles. The van der Waals surface area contributed by atoms with Gasteiger partial charge in [0.2, 0.25) is 0 Å². The minimum atomic E-state index is -0.740. The van der Waals surface area contributed by atoms with Crippen LogP contribution in [0.15, 0.2) is 30.6 Å². The third kappa shape index (κ3) is 4.32. The molecular formula is C20H23F2N5O. The third-order valence-corrected chi connectivity index (χ3v) is 4.35. The van der Waals surface area contributed by atoms with Crippen LogP contribution in [0.4, 0.5) is 8.78 Å². The van der Waals surface area contributed by atoms with Gasteiger partial charge in [-0.2, -0.15) is 5.10 Å². The molecule has 2 aromatic heterocycles. The first-order valence-corrected chi connectivity index (χ1v) is 9.32. The number of benzene rings is 1. The molecule has 1 aromatic carbocycles. The lowest BCUT2D eigenvalue weighted by atomic mass is 10.1. The van der Waals surface area contributed by atoms with Gasteiger partial charge < -0.3 is 4.90 Å². The highest BCUT2D eigenvalue weighted by molar-refractivity contribution is 5.94. The zero-order valence-corrected chi connectivity index (χ0v) is 16.2. The Balaban J connectivity index is 1.98. The number of aromatic nitrogens is 4. The number of nitrogens with zero attached hydrogens (tertiary/aromatic N) is 5. The van der Waals surface area contributed by atoms with Gasteiger partial charge in [0, 0.05) is 6.54 Å². The van der Waals surface area contributed by atoms with Crippen molar-refractivity contribution in [2.75, 3.05) is 6.54 Å². The predicted molar refractivity (Wildman–Crippen MR) is 101 cm³/mol. The summed E-state index contributed by atoms with van der Waals surface area (Å²) < 4.78 is 29.3. The quantitative estimate of drug-likeness (QED) is 0.621. The molecule has 0 radical (unpaired) electrons. The summed E-state index contributed by atoms with van der Waals surface area (Å²) in [4.78, 5) is 14.5. The van der Waals surface area contributed by atoms with E-state index >= 15 is 0 Å². The normalized spacial score (nSPS) is 11.4. The molecule has 3 rings (SSSR count). The maximum Gasteiger partial charge on any atom is 0.257 e. The first-order chi connectivity index (χ1) is 13.4. The van der Waals surface area contributed by atoms with E-state index in [1.807, 2.05) is 19.9 Å². The molecule has 28 heavy (non-hydrogen) atoms. The van der Waals surface area contributed by atoms with Gasteiger partial charge in [-0.15, -0.1) is 10.2 Å². The number of halogens is 2. The molecule has 1 amide bonds. The van der Waals surface area contributed by atoms with Crippen molar-refractivity contribution in [2.45, 2.75) is 40.2 Å². The van der Waals surface area contributed by atoms with E-state index in [1.54, 1.807) is 4.52 Å². The zero-order chi connectivity index (χ0) is 20.3. The van der Waals surface area contributed by atoms with Crippen LogP contribution in [0, 0.1) is 17.6 Å². The molecule has 0 aliphatic heterocycles. The molecule has 0 atom stereocenters. The van der Waals surface area contributed by atoms with Crippen LogP contribution in [-0.4, -0.2) is 37.2 Å². The summed E-state index contributed by atoms with van der Waals surface area (Å²) in [5.74, 6) is -1.80. The smallest absolute Gasteiger partial charge is 0.257 e. The van der Waals surface area contributed by atoms with Crippen molar-refractivity contribution in [1.29, 1.82) is 0 Å². The molecular weight excluding hydrogens is 364 g/mol. The fourth-order valence-corrected chi connectivity index (χ4v) is 3.14. The van der Waals surface area contributed by atoms with Crippen molar-refractivity contribution < 1.29 is 13.6 Å². The molecule has 148 valence electrons. The van der Waals surface area contributed by atoms with Gasteiger partial charge in [-0.25, -0.2) is 13.3 Å². The fraction of sp³-hybridized carbons (Fsp3) is 0.400. The molecule has 0 saturated heterocycles. The molecule has 3 aromatic rings. The van der Waals surface area contributed by atoms with Crippen LogP contribution >= 0.6 is 0 Å². The second-order valence-corrected chi connectivity index (χ2v) is 7.20. The highest BCUT2D eigenvalue weighted by Crippen LogP contribution is 2.19. The van der Waals surface area contributed by atoms with E-state index in [0.717, 1.165) is 36.6 Å². The number of carbonyl (C=O) groups excluding carboxylic acids is 1. The SMILES string of the molecule is CCCc1cc2nncn2nc1CN(CC(C)C)C(=O)c1cc(F)ccc1F. The average molecular weight is 387 g/mol. The van der Waals surface area contributed by atoms with Gasteiger partial charge in [-0.3, -0.25) is 4.79 Å². The van der Waals surface area contributed by atoms with Gasteiger partial charge in [-0.05, 0) is 42.2 Å². The maximum atomic E-state index is 14.2. The van der Waals surface area contributed by atoms with Gasteiger partial charge in [0.25, 0.3) is 5.91 Å². The summed E-state index contributed by atoms with van der Waals surface area (Å²) in [5, 5.41) is 12.4. The topological polar surface area (TPSA) is 63.4 Å². The number of rotatable bonds is 7. The minimum absolute atomic E-state index is 0.147. The molecule has 0 bridgehead atoms. The molecule has 0 N–H and O–H groups in total. The molecule has 0 spiro atoms. The van der Waals surface area contributed by atoms with Crippen molar-refractivity contribution in [3.8, 4) is 0 Å². The van der Waals surface area contributed by atoms with Gasteiger partial charge >= 0.3 is 0 Å². The lowest BCUT2D eigenvalue weighted by molar-refractivity contribution is 0.0714. The Morgan fingerprint density at radius 1 is 1.25 bits per heavy atom. The van der Waals surface area contributed by atoms with E-state index in [1.165, 1.54) is 11.2 Å². The van der Waals surface area contributed by atoms with Crippen LogP contribution in [0.25, 0.3) is 5.65 Å². The Hall–Kier alpha value is -2.90. The van der Waals surface area contributed by atoms with Crippen molar-refractivity contribution >= 4 is 11.6 Å². The van der Waals surface area contributed by atoms with Crippen LogP contribution in [0.2, 0.25) is 0 Å². The monoisotopic (exact) mass is 387 g/mol. The second kappa shape index (κ2) is 8.41. The van der Waals surface area contributed by atoms with Gasteiger partial charge in [-0.1, -0.05) is 27.2 Å². The Bertz CT molecular complexity index is 986. The van der Waals surface area contributed by atoms with E-state index in [2.05, 4.69) is 22.2 Å². The third-order valence-electron chi connectivity index (χ3n) is 4.35. The van der Waals surface area contributed by atoms with Crippen LogP contribution < -0.4 is 0 Å². The molecule has 8 heteroatoms. The second-order valence-electron chi connectivity index (χ2n) is 7.20. The number of carbonyl (C=O) groups is 1. The summed E-state index contributed by atoms with van der Waals surface area (Å²) in [6.07, 6.45) is 3.16. The fourth-order valence-electron chi connectivity index (χ4n) is 3.14. The lowest BCUT2D eigenvalue weighted by Crippen LogP contribution is -2.35. The number of hydrogen-bond acceptors (Lipinski definition) is 4. The maximum absolute atomic E-state index is 14.2. The number of fused-ring (bicyclic) bond motifs is 1. The lowest BCUT2D eigenvalue weighted by Gasteiger charge is -2.25. The van der Waals surface area contributed by atoms with Crippen molar-refractivity contribution in [3.63, 3.8) is 0 Å². The number of aryl methyl sites for hydroxylation is 1. The minimum Gasteiger partial charge on any atom is -0.332 e. The van der Waals surface area contributed by atoms with Gasteiger partial charge in [0.1, 0.15) is 18.0 Å². The van der Waals surface area contributed by atoms with Crippen molar-refractivity contribution in [3.05, 3.63) is 59.0 Å². The van der Waals surface area contributed by atoms with Gasteiger partial charge in [0.15, 0.2) is 5.65 Å². The molecule has 0 aliphatic rings. The molecule has 0 unspecified atom stereocenters. The summed E-state index contributed by atoms with van der Waals surface area (Å²) in [5.41, 5.74) is 2.01. The Morgan fingerprint density at radius 3 is 2.75 bits per heavy atom. The first-order valence-electron chi connectivity index (χ1n) is 9.32. The average Bonchev–Trinajstić information content (AvgIpc) is 3.10. The van der Waals surface area contributed by atoms with Crippen molar-refractivity contribution in [2.24, 2.45) is 5.92 Å². The summed E-state index contributed by atoms with van der Waals surface area (Å²) in [7, 11) is 0.